The van der Waals surface area contributed by atoms with Crippen molar-refractivity contribution in [3.05, 3.63) is 0 Å². The van der Waals surface area contributed by atoms with Crippen LogP contribution < -0.4 is 0 Å². The molecular formula is C8H20GeO. The second kappa shape index (κ2) is 11.9. The van der Waals surface area contributed by atoms with Crippen molar-refractivity contribution in [1.29, 1.82) is 0 Å². The predicted molar refractivity (Wildman–Crippen MR) is 50.3 cm³/mol. The van der Waals surface area contributed by atoms with Gasteiger partial charge in [0.05, 0.1) is 0 Å². The molecule has 0 N–H and O–H groups in total. The van der Waals surface area contributed by atoms with Crippen LogP contribution >= 0.6 is 0 Å². The average molecular weight is 205 g/mol. The monoisotopic (exact) mass is 206 g/mol. The summed E-state index contributed by atoms with van der Waals surface area (Å²) >= 11 is -0.576. The van der Waals surface area contributed by atoms with Gasteiger partial charge < -0.3 is 4.79 Å². The Morgan fingerprint density at radius 2 is 1.30 bits per heavy atom. The third kappa shape index (κ3) is 11.1. The second-order valence-corrected chi connectivity index (χ2v) is 11.1. The van der Waals surface area contributed by atoms with E-state index in [9.17, 15) is 0 Å². The first-order chi connectivity index (χ1) is 4.76. The molecule has 1 nitrogen and oxygen atoms in total. The molecule has 62 valence electrons. The third-order valence-electron chi connectivity index (χ3n) is 1.73. The van der Waals surface area contributed by atoms with Gasteiger partial charge in [-0.1, -0.05) is 0 Å². The van der Waals surface area contributed by atoms with E-state index in [0.29, 0.717) is 0 Å². The molecule has 0 rings (SSSR count). The van der Waals surface area contributed by atoms with E-state index in [1.54, 1.807) is 15.8 Å². The zero-order valence-electron chi connectivity index (χ0n) is 7.68. The Balaban J connectivity index is 0. The maximum absolute atomic E-state index is 8.81. The molecule has 0 bridgehead atoms. The quantitative estimate of drug-likeness (QED) is 0.510. The minimum atomic E-state index is -0.576. The number of aldehydes is 1. The van der Waals surface area contributed by atoms with Crippen molar-refractivity contribution in [2.75, 3.05) is 0 Å². The molecule has 0 heterocycles. The summed E-state index contributed by atoms with van der Waals surface area (Å²) in [5.41, 5.74) is 0. The molecule has 0 unspecified atom stereocenters. The fourth-order valence-electron chi connectivity index (χ4n) is 0.866. The second-order valence-electron chi connectivity index (χ2n) is 2.33. The van der Waals surface area contributed by atoms with E-state index in [2.05, 4.69) is 20.8 Å². The van der Waals surface area contributed by atoms with Gasteiger partial charge in [-0.3, -0.25) is 0 Å². The van der Waals surface area contributed by atoms with Crippen molar-refractivity contribution in [3.8, 4) is 0 Å². The van der Waals surface area contributed by atoms with Crippen molar-refractivity contribution in [2.45, 2.75) is 43.5 Å². The molecule has 0 aliphatic heterocycles. The number of rotatable bonds is 3. The van der Waals surface area contributed by atoms with E-state index >= 15 is 0 Å². The maximum atomic E-state index is 8.81. The Morgan fingerprint density at radius 1 is 1.10 bits per heavy atom. The first-order valence-corrected chi connectivity index (χ1v) is 9.30. The number of hydrogen-bond acceptors (Lipinski definition) is 1. The summed E-state index contributed by atoms with van der Waals surface area (Å²) in [6.07, 6.45) is 0.750. The first-order valence-electron chi connectivity index (χ1n) is 4.16. The van der Waals surface area contributed by atoms with Crippen molar-refractivity contribution < 1.29 is 4.79 Å². The average Bonchev–Trinajstić information content (AvgIpc) is 1.93. The molecule has 0 saturated heterocycles. The molecule has 0 aromatic carbocycles. The van der Waals surface area contributed by atoms with E-state index in [0.717, 1.165) is 6.29 Å². The molecule has 10 heavy (non-hydrogen) atoms. The van der Waals surface area contributed by atoms with Crippen LogP contribution in [0.3, 0.4) is 0 Å². The Hall–Kier alpha value is 0.213. The van der Waals surface area contributed by atoms with E-state index in [-0.39, 0.29) is 0 Å². The van der Waals surface area contributed by atoms with Gasteiger partial charge in [0.25, 0.3) is 0 Å². The molecule has 0 amide bonds. The summed E-state index contributed by atoms with van der Waals surface area (Å²) in [6.45, 7) is 8.48. The minimum absolute atomic E-state index is 0.576. The predicted octanol–water partition coefficient (Wildman–Crippen LogP) is 2.48. The summed E-state index contributed by atoms with van der Waals surface area (Å²) in [5.74, 6) is 0. The van der Waals surface area contributed by atoms with E-state index < -0.39 is 14.3 Å². The first kappa shape index (κ1) is 12.9. The summed E-state index contributed by atoms with van der Waals surface area (Å²) in [4.78, 5) is 8.81. The van der Waals surface area contributed by atoms with Crippen LogP contribution in [0.4, 0.5) is 0 Å². The number of carbonyl (C=O) groups is 1. The van der Waals surface area contributed by atoms with Crippen LogP contribution in [-0.4, -0.2) is 20.6 Å². The number of carbonyl (C=O) groups excluding carboxylic acids is 1. The normalized spacial score (nSPS) is 8.50. The molecule has 0 spiro atoms. The molecule has 0 fully saturated rings. The Morgan fingerprint density at radius 3 is 1.30 bits per heavy atom. The van der Waals surface area contributed by atoms with Gasteiger partial charge in [0.2, 0.25) is 0 Å². The van der Waals surface area contributed by atoms with Crippen LogP contribution in [0.2, 0.25) is 15.8 Å². The summed E-state index contributed by atoms with van der Waals surface area (Å²) in [6, 6.07) is 0. The van der Waals surface area contributed by atoms with Crippen molar-refractivity contribution >= 4 is 20.6 Å². The zero-order valence-corrected chi connectivity index (χ0v) is 10.1. The standard InChI is InChI=1S/C6H16Ge.C2H4O/c1-4-7(5-2)6-3;1-2-3/h7H,4-6H2,1-3H3;2H,1H3. The molecule has 0 aliphatic rings. The molecule has 2 heteroatoms. The van der Waals surface area contributed by atoms with Crippen LogP contribution in [0.25, 0.3) is 0 Å². The number of hydrogen-bond donors (Lipinski definition) is 0. The Kier molecular flexibility index (Phi) is 15.4. The van der Waals surface area contributed by atoms with Crippen LogP contribution in [0, 0.1) is 0 Å². The fraction of sp³-hybridized carbons (Fsp3) is 0.875. The molecule has 0 aromatic rings. The van der Waals surface area contributed by atoms with Crippen LogP contribution in [-0.2, 0) is 4.79 Å². The molecule has 0 saturated carbocycles. The van der Waals surface area contributed by atoms with Gasteiger partial charge in [-0.25, -0.2) is 0 Å². The van der Waals surface area contributed by atoms with Crippen molar-refractivity contribution in [1.82, 2.24) is 0 Å². The summed E-state index contributed by atoms with van der Waals surface area (Å²) in [5, 5.41) is 4.62. The van der Waals surface area contributed by atoms with Crippen molar-refractivity contribution in [3.63, 3.8) is 0 Å². The van der Waals surface area contributed by atoms with E-state index in [1.165, 1.54) is 6.92 Å². The van der Waals surface area contributed by atoms with Crippen LogP contribution in [0.15, 0.2) is 0 Å². The topological polar surface area (TPSA) is 17.1 Å². The van der Waals surface area contributed by atoms with Gasteiger partial charge in [-0.2, -0.15) is 0 Å². The van der Waals surface area contributed by atoms with Gasteiger partial charge in [-0.15, -0.1) is 0 Å². The SMILES string of the molecule is CC=O.C[CH2][GeH]([CH2]C)[CH2]C. The molecule has 0 aromatic heterocycles. The van der Waals surface area contributed by atoms with Gasteiger partial charge in [-0.05, 0) is 6.92 Å². The fourth-order valence-corrected chi connectivity index (χ4v) is 4.50. The molecule has 0 aliphatic carbocycles. The third-order valence-corrected chi connectivity index (χ3v) is 9.00. The molecular weight excluding hydrogens is 185 g/mol. The van der Waals surface area contributed by atoms with Gasteiger partial charge >= 0.3 is 50.9 Å². The molecule has 0 radical (unpaired) electrons. The van der Waals surface area contributed by atoms with Crippen molar-refractivity contribution in [2.24, 2.45) is 0 Å². The molecule has 0 atom stereocenters. The van der Waals surface area contributed by atoms with Crippen LogP contribution in [0.5, 0.6) is 0 Å². The van der Waals surface area contributed by atoms with Gasteiger partial charge in [0.1, 0.15) is 6.29 Å². The van der Waals surface area contributed by atoms with E-state index in [1.807, 2.05) is 0 Å². The Bertz CT molecular complexity index is 54.8. The summed E-state index contributed by atoms with van der Waals surface area (Å²) in [7, 11) is 0. The zero-order chi connectivity index (χ0) is 8.41. The summed E-state index contributed by atoms with van der Waals surface area (Å²) < 4.78 is 0. The van der Waals surface area contributed by atoms with E-state index in [4.69, 9.17) is 4.79 Å². The Labute approximate surface area is 69.3 Å². The van der Waals surface area contributed by atoms with Gasteiger partial charge in [0, 0.05) is 0 Å². The van der Waals surface area contributed by atoms with Crippen LogP contribution in [0.1, 0.15) is 27.7 Å². The van der Waals surface area contributed by atoms with Gasteiger partial charge in [0.15, 0.2) is 0 Å².